The first kappa shape index (κ1) is 7.28. The first-order valence-electron chi connectivity index (χ1n) is 4.06. The largest absolute Gasteiger partial charge is 0.287 e. The van der Waals surface area contributed by atoms with Crippen LogP contribution in [0.5, 0.6) is 0 Å². The van der Waals surface area contributed by atoms with Crippen LogP contribution in [0.2, 0.25) is 0 Å². The van der Waals surface area contributed by atoms with E-state index in [1.165, 1.54) is 0 Å². The van der Waals surface area contributed by atoms with Crippen molar-refractivity contribution in [2.45, 2.75) is 19.8 Å². The van der Waals surface area contributed by atoms with Gasteiger partial charge in [-0.3, -0.25) is 4.40 Å². The molecule has 0 aliphatic heterocycles. The van der Waals surface area contributed by atoms with Gasteiger partial charge in [0.25, 0.3) is 0 Å². The van der Waals surface area contributed by atoms with Crippen molar-refractivity contribution < 1.29 is 0 Å². The summed E-state index contributed by atoms with van der Waals surface area (Å²) in [6, 6.07) is 1.96. The van der Waals surface area contributed by atoms with Gasteiger partial charge in [0, 0.05) is 12.1 Å². The molecule has 0 aliphatic rings. The van der Waals surface area contributed by atoms with E-state index >= 15 is 0 Å². The molecule has 0 bridgehead atoms. The van der Waals surface area contributed by atoms with E-state index in [0.29, 0.717) is 5.92 Å². The summed E-state index contributed by atoms with van der Waals surface area (Å²) >= 11 is 0. The lowest BCUT2D eigenvalue weighted by Gasteiger charge is -2.01. The molecule has 12 heavy (non-hydrogen) atoms. The molecule has 0 N–H and O–H groups in total. The van der Waals surface area contributed by atoms with E-state index in [0.717, 1.165) is 11.3 Å². The zero-order valence-corrected chi connectivity index (χ0v) is 7.23. The highest BCUT2D eigenvalue weighted by atomic mass is 15.0. The molecule has 2 rings (SSSR count). The third-order valence-corrected chi connectivity index (χ3v) is 1.88. The molecule has 0 radical (unpaired) electrons. The van der Waals surface area contributed by atoms with E-state index < -0.39 is 0 Å². The lowest BCUT2D eigenvalue weighted by molar-refractivity contribution is 0.764. The van der Waals surface area contributed by atoms with E-state index in [1.54, 1.807) is 12.5 Å². The summed E-state index contributed by atoms with van der Waals surface area (Å²) in [5.41, 5.74) is 1.11. The Morgan fingerprint density at radius 3 is 3.00 bits per heavy atom. The monoisotopic (exact) mass is 161 g/mol. The van der Waals surface area contributed by atoms with Crippen LogP contribution >= 0.6 is 0 Å². The van der Waals surface area contributed by atoms with Crippen LogP contribution in [-0.2, 0) is 0 Å². The Labute approximate surface area is 71.1 Å². The Morgan fingerprint density at radius 1 is 1.42 bits per heavy atom. The normalized spacial score (nSPS) is 11.2. The molecule has 0 unspecified atom stereocenters. The van der Waals surface area contributed by atoms with Crippen molar-refractivity contribution in [1.29, 1.82) is 0 Å². The minimum Gasteiger partial charge on any atom is -0.287 e. The second-order valence-electron chi connectivity index (χ2n) is 3.15. The van der Waals surface area contributed by atoms with Gasteiger partial charge in [0.1, 0.15) is 12.2 Å². The standard InChI is InChI=1S/C9H11N3/c1-7(2)9-11-5-8-3-4-10-6-12(8)9/h3-7H,1-2H3. The predicted molar refractivity (Wildman–Crippen MR) is 47.1 cm³/mol. The molecule has 0 atom stereocenters. The minimum atomic E-state index is 0.441. The van der Waals surface area contributed by atoms with Crippen molar-refractivity contribution in [3.05, 3.63) is 30.6 Å². The number of rotatable bonds is 1. The fraction of sp³-hybridized carbons (Fsp3) is 0.333. The second kappa shape index (κ2) is 2.59. The van der Waals surface area contributed by atoms with Gasteiger partial charge < -0.3 is 0 Å². The zero-order valence-electron chi connectivity index (χ0n) is 7.23. The summed E-state index contributed by atoms with van der Waals surface area (Å²) in [5.74, 6) is 1.51. The van der Waals surface area contributed by atoms with Crippen LogP contribution in [0.4, 0.5) is 0 Å². The number of hydrogen-bond donors (Lipinski definition) is 0. The average Bonchev–Trinajstić information content (AvgIpc) is 2.47. The maximum absolute atomic E-state index is 4.32. The van der Waals surface area contributed by atoms with Gasteiger partial charge in [0.05, 0.1) is 11.7 Å². The molecule has 0 saturated heterocycles. The quantitative estimate of drug-likeness (QED) is 0.639. The Bertz CT molecular complexity index is 389. The molecule has 0 spiro atoms. The SMILES string of the molecule is CC(C)c1ncc2ccncn12. The Morgan fingerprint density at radius 2 is 2.25 bits per heavy atom. The van der Waals surface area contributed by atoms with E-state index in [-0.39, 0.29) is 0 Å². The van der Waals surface area contributed by atoms with Crippen molar-refractivity contribution in [2.75, 3.05) is 0 Å². The first-order valence-corrected chi connectivity index (χ1v) is 4.06. The Balaban J connectivity index is 2.70. The molecule has 0 saturated carbocycles. The third kappa shape index (κ3) is 0.978. The van der Waals surface area contributed by atoms with Gasteiger partial charge in [0.15, 0.2) is 0 Å². The van der Waals surface area contributed by atoms with Gasteiger partial charge in [-0.15, -0.1) is 0 Å². The molecule has 3 heteroatoms. The van der Waals surface area contributed by atoms with Crippen molar-refractivity contribution in [3.63, 3.8) is 0 Å². The first-order chi connectivity index (χ1) is 5.79. The molecule has 0 amide bonds. The smallest absolute Gasteiger partial charge is 0.116 e. The summed E-state index contributed by atoms with van der Waals surface area (Å²) in [6.07, 6.45) is 5.45. The summed E-state index contributed by atoms with van der Waals surface area (Å²) < 4.78 is 2.02. The molecular weight excluding hydrogens is 150 g/mol. The molecule has 0 aromatic carbocycles. The van der Waals surface area contributed by atoms with Crippen molar-refractivity contribution in [1.82, 2.24) is 14.4 Å². The van der Waals surface area contributed by atoms with Crippen LogP contribution in [0, 0.1) is 0 Å². The van der Waals surface area contributed by atoms with Crippen LogP contribution in [0.3, 0.4) is 0 Å². The zero-order chi connectivity index (χ0) is 8.55. The van der Waals surface area contributed by atoms with Gasteiger partial charge >= 0.3 is 0 Å². The van der Waals surface area contributed by atoms with Gasteiger partial charge in [-0.25, -0.2) is 9.97 Å². The summed E-state index contributed by atoms with van der Waals surface area (Å²) in [7, 11) is 0. The third-order valence-electron chi connectivity index (χ3n) is 1.88. The van der Waals surface area contributed by atoms with Gasteiger partial charge in [-0.05, 0) is 6.07 Å². The molecule has 0 aliphatic carbocycles. The van der Waals surface area contributed by atoms with Crippen LogP contribution < -0.4 is 0 Å². The van der Waals surface area contributed by atoms with Gasteiger partial charge in [0.2, 0.25) is 0 Å². The minimum absolute atomic E-state index is 0.441. The van der Waals surface area contributed by atoms with Crippen molar-refractivity contribution in [3.8, 4) is 0 Å². The fourth-order valence-electron chi connectivity index (χ4n) is 1.29. The number of hydrogen-bond acceptors (Lipinski definition) is 2. The van der Waals surface area contributed by atoms with E-state index in [2.05, 4.69) is 23.8 Å². The number of aromatic nitrogens is 3. The average molecular weight is 161 g/mol. The highest BCUT2D eigenvalue weighted by molar-refractivity contribution is 5.44. The van der Waals surface area contributed by atoms with Gasteiger partial charge in [-0.2, -0.15) is 0 Å². The summed E-state index contributed by atoms with van der Waals surface area (Å²) in [4.78, 5) is 8.37. The molecule has 2 heterocycles. The van der Waals surface area contributed by atoms with Crippen LogP contribution in [0.15, 0.2) is 24.8 Å². The number of nitrogens with zero attached hydrogens (tertiary/aromatic N) is 3. The maximum atomic E-state index is 4.32. The highest BCUT2D eigenvalue weighted by Crippen LogP contribution is 2.13. The summed E-state index contributed by atoms with van der Waals surface area (Å²) in [6.45, 7) is 4.25. The Kier molecular flexibility index (Phi) is 1.57. The Hall–Kier alpha value is -1.38. The van der Waals surface area contributed by atoms with Crippen LogP contribution in [0.1, 0.15) is 25.6 Å². The molecule has 2 aromatic rings. The molecule has 0 fully saturated rings. The van der Waals surface area contributed by atoms with Crippen molar-refractivity contribution in [2.24, 2.45) is 0 Å². The molecule has 62 valence electrons. The lowest BCUT2D eigenvalue weighted by atomic mass is 10.2. The fourth-order valence-corrected chi connectivity index (χ4v) is 1.29. The van der Waals surface area contributed by atoms with Crippen molar-refractivity contribution >= 4 is 5.52 Å². The molecule has 3 nitrogen and oxygen atoms in total. The lowest BCUT2D eigenvalue weighted by Crippen LogP contribution is -1.96. The van der Waals surface area contributed by atoms with E-state index in [9.17, 15) is 0 Å². The number of imidazole rings is 1. The molecular formula is C9H11N3. The summed E-state index contributed by atoms with van der Waals surface area (Å²) in [5, 5.41) is 0. The van der Waals surface area contributed by atoms with Crippen LogP contribution in [0.25, 0.3) is 5.52 Å². The number of fused-ring (bicyclic) bond motifs is 1. The second-order valence-corrected chi connectivity index (χ2v) is 3.15. The highest BCUT2D eigenvalue weighted by Gasteiger charge is 2.05. The van der Waals surface area contributed by atoms with Gasteiger partial charge in [-0.1, -0.05) is 13.8 Å². The topological polar surface area (TPSA) is 30.2 Å². The van der Waals surface area contributed by atoms with E-state index in [4.69, 9.17) is 0 Å². The van der Waals surface area contributed by atoms with E-state index in [1.807, 2.05) is 16.7 Å². The molecule has 2 aromatic heterocycles. The maximum Gasteiger partial charge on any atom is 0.116 e. The van der Waals surface area contributed by atoms with Crippen LogP contribution in [-0.4, -0.2) is 14.4 Å². The predicted octanol–water partition coefficient (Wildman–Crippen LogP) is 1.85.